The molecule has 1 unspecified atom stereocenters. The maximum Gasteiger partial charge on any atom is 0.410 e. The zero-order valence-electron chi connectivity index (χ0n) is 27.6. The van der Waals surface area contributed by atoms with Crippen LogP contribution >= 0.6 is 0 Å². The number of piperidine rings is 1. The van der Waals surface area contributed by atoms with Gasteiger partial charge in [-0.1, -0.05) is 75.4 Å². The maximum atomic E-state index is 13.2. The summed E-state index contributed by atoms with van der Waals surface area (Å²) in [6, 6.07) is 27.4. The van der Waals surface area contributed by atoms with Crippen LogP contribution in [0.5, 0.6) is 11.5 Å². The molecule has 5 rings (SSSR count). The van der Waals surface area contributed by atoms with Gasteiger partial charge in [0.05, 0.1) is 12.6 Å². The molecule has 1 aliphatic carbocycles. The van der Waals surface area contributed by atoms with Crippen LogP contribution < -0.4 is 9.47 Å². The van der Waals surface area contributed by atoms with E-state index in [0.29, 0.717) is 25.0 Å². The Morgan fingerprint density at radius 2 is 1.45 bits per heavy atom. The fourth-order valence-corrected chi connectivity index (χ4v) is 6.32. The van der Waals surface area contributed by atoms with Gasteiger partial charge in [-0.25, -0.2) is 4.79 Å². The highest BCUT2D eigenvalue weighted by Crippen LogP contribution is 2.49. The average Bonchev–Trinajstić information content (AvgIpc) is 3.43. The Labute approximate surface area is 264 Å². The van der Waals surface area contributed by atoms with Crippen LogP contribution in [0.1, 0.15) is 65.2 Å². The van der Waals surface area contributed by atoms with Gasteiger partial charge in [-0.2, -0.15) is 0 Å². The first kappa shape index (κ1) is 31.9. The summed E-state index contributed by atoms with van der Waals surface area (Å²) < 4.78 is 18.1. The molecule has 1 saturated heterocycles. The Balaban J connectivity index is 1.10. The number of likely N-dealkylation sites (tertiary alicyclic amines) is 1. The van der Waals surface area contributed by atoms with Gasteiger partial charge in [-0.3, -0.25) is 4.90 Å². The van der Waals surface area contributed by atoms with Crippen LogP contribution in [0.25, 0.3) is 0 Å². The SMILES string of the molecule is C[C@H](Cc1ccc(OCCN(C(=O)OC(C)(C)C)C2[C@H]3CN(Cc4ccccc4)C[C@@H]23)cc1)Oc1ccc(C(C)(C)C)cc1. The lowest BCUT2D eigenvalue weighted by Crippen LogP contribution is -2.43. The van der Waals surface area contributed by atoms with Crippen LogP contribution in [0.15, 0.2) is 78.9 Å². The average molecular weight is 599 g/mol. The third-order valence-corrected chi connectivity index (χ3v) is 8.57. The molecule has 0 N–H and O–H groups in total. The number of fused-ring (bicyclic) bond motifs is 1. The molecule has 3 aromatic rings. The Kier molecular flexibility index (Phi) is 9.59. The van der Waals surface area contributed by atoms with E-state index < -0.39 is 5.60 Å². The van der Waals surface area contributed by atoms with Gasteiger partial charge in [0.2, 0.25) is 0 Å². The number of hydrogen-bond donors (Lipinski definition) is 0. The van der Waals surface area contributed by atoms with Crippen LogP contribution in [0.2, 0.25) is 0 Å². The lowest BCUT2D eigenvalue weighted by Gasteiger charge is -2.30. The van der Waals surface area contributed by atoms with Crippen molar-refractivity contribution in [1.82, 2.24) is 9.80 Å². The molecule has 1 amide bonds. The number of benzene rings is 3. The second-order valence-corrected chi connectivity index (χ2v) is 14.6. The molecule has 1 aliphatic heterocycles. The highest BCUT2D eigenvalue weighted by atomic mass is 16.6. The summed E-state index contributed by atoms with van der Waals surface area (Å²) in [5.41, 5.74) is 3.42. The van der Waals surface area contributed by atoms with Crippen LogP contribution in [-0.2, 0) is 23.1 Å². The van der Waals surface area contributed by atoms with E-state index in [1.165, 1.54) is 16.7 Å². The minimum Gasteiger partial charge on any atom is -0.492 e. The second kappa shape index (κ2) is 13.2. The van der Waals surface area contributed by atoms with Gasteiger partial charge in [0.1, 0.15) is 23.7 Å². The van der Waals surface area contributed by atoms with E-state index in [4.69, 9.17) is 14.2 Å². The van der Waals surface area contributed by atoms with Crippen molar-refractivity contribution in [3.05, 3.63) is 95.6 Å². The fraction of sp³-hybridized carbons (Fsp3) is 0.500. The lowest BCUT2D eigenvalue weighted by molar-refractivity contribution is 0.0173. The molecule has 236 valence electrons. The number of ether oxygens (including phenoxy) is 3. The molecule has 44 heavy (non-hydrogen) atoms. The number of amides is 1. The summed E-state index contributed by atoms with van der Waals surface area (Å²) in [6.07, 6.45) is 0.609. The summed E-state index contributed by atoms with van der Waals surface area (Å²) in [6.45, 7) is 18.4. The van der Waals surface area contributed by atoms with E-state index in [1.807, 2.05) is 37.8 Å². The molecule has 2 fully saturated rings. The van der Waals surface area contributed by atoms with E-state index in [-0.39, 0.29) is 23.7 Å². The summed E-state index contributed by atoms with van der Waals surface area (Å²) in [5, 5.41) is 0. The molecule has 0 spiro atoms. The molecule has 6 heteroatoms. The highest BCUT2D eigenvalue weighted by Gasteiger charge is 2.59. The molecular formula is C38H50N2O4. The molecule has 0 radical (unpaired) electrons. The van der Waals surface area contributed by atoms with E-state index in [9.17, 15) is 4.79 Å². The van der Waals surface area contributed by atoms with Gasteiger partial charge in [0.15, 0.2) is 0 Å². The minimum atomic E-state index is -0.536. The molecule has 1 saturated carbocycles. The first-order valence-corrected chi connectivity index (χ1v) is 16.1. The zero-order valence-corrected chi connectivity index (χ0v) is 27.6. The van der Waals surface area contributed by atoms with Gasteiger partial charge in [-0.05, 0) is 85.9 Å². The number of rotatable bonds is 11. The Bertz CT molecular complexity index is 1350. The van der Waals surface area contributed by atoms with Crippen molar-refractivity contribution in [2.24, 2.45) is 11.8 Å². The lowest BCUT2D eigenvalue weighted by atomic mass is 9.87. The quantitative estimate of drug-likeness (QED) is 0.226. The van der Waals surface area contributed by atoms with Crippen molar-refractivity contribution < 1.29 is 19.0 Å². The largest absolute Gasteiger partial charge is 0.492 e. The van der Waals surface area contributed by atoms with Crippen LogP contribution in [0.4, 0.5) is 4.79 Å². The summed E-state index contributed by atoms with van der Waals surface area (Å²) in [7, 11) is 0. The summed E-state index contributed by atoms with van der Waals surface area (Å²) in [5.74, 6) is 2.68. The predicted octanol–water partition coefficient (Wildman–Crippen LogP) is 7.74. The first-order chi connectivity index (χ1) is 20.9. The highest BCUT2D eigenvalue weighted by molar-refractivity contribution is 5.69. The number of carbonyl (C=O) groups is 1. The number of hydrogen-bond acceptors (Lipinski definition) is 5. The number of nitrogens with zero attached hydrogens (tertiary/aromatic N) is 2. The first-order valence-electron chi connectivity index (χ1n) is 16.1. The molecule has 3 aromatic carbocycles. The fourth-order valence-electron chi connectivity index (χ4n) is 6.32. The van der Waals surface area contributed by atoms with Crippen molar-refractivity contribution in [3.63, 3.8) is 0 Å². The Hall–Kier alpha value is -3.51. The van der Waals surface area contributed by atoms with Crippen molar-refractivity contribution in [3.8, 4) is 11.5 Å². The molecule has 0 aromatic heterocycles. The normalized spacial score (nSPS) is 20.5. The van der Waals surface area contributed by atoms with Crippen LogP contribution in [-0.4, -0.2) is 59.9 Å². The molecule has 2 aliphatic rings. The van der Waals surface area contributed by atoms with Gasteiger partial charge in [0.25, 0.3) is 0 Å². The third-order valence-electron chi connectivity index (χ3n) is 8.57. The number of carbonyl (C=O) groups excluding carboxylic acids is 1. The van der Waals surface area contributed by atoms with Gasteiger partial charge in [-0.15, -0.1) is 0 Å². The summed E-state index contributed by atoms with van der Waals surface area (Å²) >= 11 is 0. The monoisotopic (exact) mass is 598 g/mol. The molecular weight excluding hydrogens is 548 g/mol. The van der Waals surface area contributed by atoms with Gasteiger partial charge < -0.3 is 19.1 Å². The van der Waals surface area contributed by atoms with Gasteiger partial charge in [0, 0.05) is 32.1 Å². The van der Waals surface area contributed by atoms with E-state index in [0.717, 1.165) is 37.6 Å². The minimum absolute atomic E-state index is 0.0475. The third kappa shape index (κ3) is 8.56. The Morgan fingerprint density at radius 3 is 2.05 bits per heavy atom. The van der Waals surface area contributed by atoms with Crippen LogP contribution in [0.3, 0.4) is 0 Å². The molecule has 0 bridgehead atoms. The van der Waals surface area contributed by atoms with Crippen molar-refractivity contribution in [2.45, 2.75) is 84.6 Å². The molecule has 6 nitrogen and oxygen atoms in total. The predicted molar refractivity (Wildman–Crippen MR) is 176 cm³/mol. The summed E-state index contributed by atoms with van der Waals surface area (Å²) in [4.78, 5) is 17.7. The van der Waals surface area contributed by atoms with Gasteiger partial charge >= 0.3 is 6.09 Å². The maximum absolute atomic E-state index is 13.2. The van der Waals surface area contributed by atoms with Crippen molar-refractivity contribution in [1.29, 1.82) is 0 Å². The van der Waals surface area contributed by atoms with E-state index in [1.54, 1.807) is 0 Å². The smallest absolute Gasteiger partial charge is 0.410 e. The zero-order chi connectivity index (χ0) is 31.5. The van der Waals surface area contributed by atoms with Crippen molar-refractivity contribution in [2.75, 3.05) is 26.2 Å². The van der Waals surface area contributed by atoms with E-state index in [2.05, 4.69) is 99.3 Å². The second-order valence-electron chi connectivity index (χ2n) is 14.6. The molecule has 4 atom stereocenters. The Morgan fingerprint density at radius 1 is 0.841 bits per heavy atom. The van der Waals surface area contributed by atoms with Crippen molar-refractivity contribution >= 4 is 6.09 Å². The van der Waals surface area contributed by atoms with Crippen LogP contribution in [0, 0.1) is 11.8 Å². The topological polar surface area (TPSA) is 51.2 Å². The standard InChI is InChI=1S/C38H50N2O4/c1-27(43-32-19-15-30(16-20-32)37(2,3)4)23-28-13-17-31(18-14-28)42-22-21-40(36(41)44-38(5,6)7)35-33-25-39(26-34(33)35)24-29-11-9-8-10-12-29/h8-20,27,33-35H,21-26H2,1-7H3/t27-,33-,34+,35?/m1/s1. The van der Waals surface area contributed by atoms with E-state index >= 15 is 0 Å². The molecule has 1 heterocycles.